The number of rotatable bonds is 17. The second-order valence-electron chi connectivity index (χ2n) is 8.99. The summed E-state index contributed by atoms with van der Waals surface area (Å²) in [6.45, 7) is 4.88. The third-order valence-electron chi connectivity index (χ3n) is 6.31. The van der Waals surface area contributed by atoms with Gasteiger partial charge in [-0.3, -0.25) is 9.59 Å². The second-order valence-corrected chi connectivity index (χ2v) is 8.99. The fourth-order valence-corrected chi connectivity index (χ4v) is 4.24. The first kappa shape index (κ1) is 27.4. The van der Waals surface area contributed by atoms with Crippen LogP contribution in [0.3, 0.4) is 0 Å². The Balaban J connectivity index is 1.68. The summed E-state index contributed by atoms with van der Waals surface area (Å²) in [4.78, 5) is 24.8. The fraction of sp³-hybridized carbons (Fsp3) is 0.517. The van der Waals surface area contributed by atoms with Gasteiger partial charge in [-0.1, -0.05) is 74.6 Å². The van der Waals surface area contributed by atoms with E-state index in [1.807, 2.05) is 35.2 Å². The number of carbonyl (C=O) groups excluding carboxylic acids is 2. The molecule has 2 atom stereocenters. The van der Waals surface area contributed by atoms with Crippen molar-refractivity contribution in [1.82, 2.24) is 4.90 Å². The van der Waals surface area contributed by atoms with E-state index in [1.54, 1.807) is 0 Å². The highest BCUT2D eigenvalue weighted by atomic mass is 16.5. The van der Waals surface area contributed by atoms with Crippen LogP contribution in [0.25, 0.3) is 0 Å². The molecule has 1 amide bonds. The molecule has 5 heteroatoms. The number of methoxy groups -OCH3 is 1. The first-order chi connectivity index (χ1) is 16.5. The maximum absolute atomic E-state index is 11.8. The average Bonchev–Trinajstić information content (AvgIpc) is 2.86. The van der Waals surface area contributed by atoms with Crippen molar-refractivity contribution in [1.29, 1.82) is 0 Å². The highest BCUT2D eigenvalue weighted by Gasteiger charge is 2.20. The number of carbonyl (C=O) groups is 2. The predicted octanol–water partition coefficient (Wildman–Crippen LogP) is 6.51. The van der Waals surface area contributed by atoms with Gasteiger partial charge in [0, 0.05) is 12.5 Å². The van der Waals surface area contributed by atoms with Gasteiger partial charge in [-0.15, -0.1) is 0 Å². The smallest absolute Gasteiger partial charge is 0.305 e. The van der Waals surface area contributed by atoms with Gasteiger partial charge in [0.2, 0.25) is 6.41 Å². The summed E-state index contributed by atoms with van der Waals surface area (Å²) in [5.41, 5.74) is 2.31. The molecule has 0 bridgehead atoms. The van der Waals surface area contributed by atoms with Crippen LogP contribution in [-0.2, 0) is 20.7 Å². The van der Waals surface area contributed by atoms with Crippen LogP contribution in [-0.4, -0.2) is 37.0 Å². The lowest BCUT2D eigenvalue weighted by Crippen LogP contribution is -2.35. The van der Waals surface area contributed by atoms with Gasteiger partial charge in [0.05, 0.1) is 19.8 Å². The summed E-state index contributed by atoms with van der Waals surface area (Å²) in [5.74, 6) is 0.778. The Hall–Kier alpha value is -2.82. The topological polar surface area (TPSA) is 55.8 Å². The van der Waals surface area contributed by atoms with Crippen LogP contribution in [0, 0.1) is 0 Å². The fourth-order valence-electron chi connectivity index (χ4n) is 4.24. The SMILES string of the molecule is COC(=O)CCCCCCCCCOc1cccc(C[C@H](C)N(C=O)[C@@H](C)c2ccccc2)c1. The minimum absolute atomic E-state index is 0.0287. The largest absolute Gasteiger partial charge is 0.494 e. The molecule has 2 rings (SSSR count). The quantitative estimate of drug-likeness (QED) is 0.151. The summed E-state index contributed by atoms with van der Waals surface area (Å²) < 4.78 is 10.6. The van der Waals surface area contributed by atoms with Gasteiger partial charge < -0.3 is 14.4 Å². The van der Waals surface area contributed by atoms with Gasteiger partial charge in [0.1, 0.15) is 5.75 Å². The molecule has 0 N–H and O–H groups in total. The number of benzene rings is 2. The molecule has 0 saturated heterocycles. The highest BCUT2D eigenvalue weighted by Crippen LogP contribution is 2.23. The number of hydrogen-bond donors (Lipinski definition) is 0. The first-order valence-electron chi connectivity index (χ1n) is 12.6. The molecular formula is C29H41NO4. The maximum atomic E-state index is 11.8. The third kappa shape index (κ3) is 9.98. The highest BCUT2D eigenvalue weighted by molar-refractivity contribution is 5.68. The standard InChI is InChI=1S/C29H41NO4/c1-24(30(23-31)25(2)27-16-10-9-11-17-27)21-26-15-14-18-28(22-26)34-20-13-8-6-4-5-7-12-19-29(32)33-3/h9-11,14-18,22-25H,4-8,12-13,19-21H2,1-3H3/t24-,25-/m0/s1. The molecule has 5 nitrogen and oxygen atoms in total. The average molecular weight is 468 g/mol. The van der Waals surface area contributed by atoms with Crippen molar-refractivity contribution in [2.24, 2.45) is 0 Å². The van der Waals surface area contributed by atoms with Crippen molar-refractivity contribution in [3.05, 3.63) is 65.7 Å². The molecule has 2 aromatic rings. The summed E-state index contributed by atoms with van der Waals surface area (Å²) in [6.07, 6.45) is 10.0. The van der Waals surface area contributed by atoms with E-state index in [9.17, 15) is 9.59 Å². The van der Waals surface area contributed by atoms with Crippen LogP contribution >= 0.6 is 0 Å². The van der Waals surface area contributed by atoms with Crippen molar-refractivity contribution < 1.29 is 19.1 Å². The van der Waals surface area contributed by atoms with Crippen molar-refractivity contribution >= 4 is 12.4 Å². The summed E-state index contributed by atoms with van der Waals surface area (Å²) in [7, 11) is 1.44. The van der Waals surface area contributed by atoms with E-state index in [0.29, 0.717) is 13.0 Å². The van der Waals surface area contributed by atoms with Crippen LogP contribution in [0.2, 0.25) is 0 Å². The van der Waals surface area contributed by atoms with Crippen molar-refractivity contribution in [3.8, 4) is 5.75 Å². The third-order valence-corrected chi connectivity index (χ3v) is 6.31. The molecule has 0 unspecified atom stereocenters. The molecule has 186 valence electrons. The molecule has 0 aliphatic carbocycles. The maximum Gasteiger partial charge on any atom is 0.305 e. The molecule has 0 saturated carbocycles. The van der Waals surface area contributed by atoms with Crippen LogP contribution in [0.1, 0.15) is 82.4 Å². The Labute approximate surface area is 205 Å². The molecule has 0 aromatic heterocycles. The Morgan fingerprint density at radius 2 is 1.59 bits per heavy atom. The second kappa shape index (κ2) is 15.9. The van der Waals surface area contributed by atoms with E-state index in [0.717, 1.165) is 49.8 Å². The van der Waals surface area contributed by atoms with Crippen LogP contribution in [0.15, 0.2) is 54.6 Å². The van der Waals surface area contributed by atoms with E-state index in [1.165, 1.54) is 31.9 Å². The molecule has 0 fully saturated rings. The first-order valence-corrected chi connectivity index (χ1v) is 12.6. The van der Waals surface area contributed by atoms with E-state index in [2.05, 4.69) is 42.8 Å². The van der Waals surface area contributed by atoms with E-state index in [4.69, 9.17) is 4.74 Å². The summed E-state index contributed by atoms with van der Waals surface area (Å²) in [6, 6.07) is 18.5. The minimum Gasteiger partial charge on any atom is -0.494 e. The lowest BCUT2D eigenvalue weighted by atomic mass is 10.0. The van der Waals surface area contributed by atoms with Gasteiger partial charge in [0.15, 0.2) is 0 Å². The Morgan fingerprint density at radius 1 is 0.912 bits per heavy atom. The molecular weight excluding hydrogens is 426 g/mol. The molecule has 0 spiro atoms. The van der Waals surface area contributed by atoms with Crippen molar-refractivity contribution in [2.45, 2.75) is 83.7 Å². The molecule has 0 aliphatic rings. The number of esters is 1. The van der Waals surface area contributed by atoms with Gasteiger partial charge >= 0.3 is 5.97 Å². The number of nitrogens with zero attached hydrogens (tertiary/aromatic N) is 1. The van der Waals surface area contributed by atoms with Crippen LogP contribution in [0.4, 0.5) is 0 Å². The zero-order chi connectivity index (χ0) is 24.6. The van der Waals surface area contributed by atoms with Gasteiger partial charge in [0.25, 0.3) is 0 Å². The van der Waals surface area contributed by atoms with Crippen LogP contribution < -0.4 is 4.74 Å². The number of ether oxygens (including phenoxy) is 2. The number of unbranched alkanes of at least 4 members (excludes halogenated alkanes) is 6. The van der Waals surface area contributed by atoms with E-state index < -0.39 is 0 Å². The number of hydrogen-bond acceptors (Lipinski definition) is 4. The number of amides is 1. The Bertz CT molecular complexity index is 839. The monoisotopic (exact) mass is 467 g/mol. The Morgan fingerprint density at radius 3 is 2.26 bits per heavy atom. The zero-order valence-electron chi connectivity index (χ0n) is 21.1. The van der Waals surface area contributed by atoms with Gasteiger partial charge in [-0.25, -0.2) is 0 Å². The lowest BCUT2D eigenvalue weighted by Gasteiger charge is -2.31. The zero-order valence-corrected chi connectivity index (χ0v) is 21.1. The van der Waals surface area contributed by atoms with Crippen LogP contribution in [0.5, 0.6) is 5.75 Å². The van der Waals surface area contributed by atoms with Crippen molar-refractivity contribution in [2.75, 3.05) is 13.7 Å². The van der Waals surface area contributed by atoms with Gasteiger partial charge in [-0.2, -0.15) is 0 Å². The molecule has 2 aromatic carbocycles. The Kier molecular flexibility index (Phi) is 12.8. The van der Waals surface area contributed by atoms with Gasteiger partial charge in [-0.05, 0) is 56.4 Å². The molecule has 0 aliphatic heterocycles. The van der Waals surface area contributed by atoms with E-state index >= 15 is 0 Å². The van der Waals surface area contributed by atoms with Crippen molar-refractivity contribution in [3.63, 3.8) is 0 Å². The molecule has 0 heterocycles. The molecule has 0 radical (unpaired) electrons. The normalized spacial score (nSPS) is 12.6. The van der Waals surface area contributed by atoms with E-state index in [-0.39, 0.29) is 18.1 Å². The minimum atomic E-state index is -0.113. The summed E-state index contributed by atoms with van der Waals surface area (Å²) >= 11 is 0. The molecule has 34 heavy (non-hydrogen) atoms. The lowest BCUT2D eigenvalue weighted by molar-refractivity contribution is -0.140. The predicted molar refractivity (Wildman–Crippen MR) is 137 cm³/mol. The summed E-state index contributed by atoms with van der Waals surface area (Å²) in [5, 5.41) is 0.